The number of rotatable bonds is 4. The number of ether oxygens (including phenoxy) is 2. The number of hydrogen-bond donors (Lipinski definition) is 1. The molecule has 1 unspecified atom stereocenters. The van der Waals surface area contributed by atoms with Gasteiger partial charge in [-0.3, -0.25) is 0 Å². The Morgan fingerprint density at radius 1 is 1.05 bits per heavy atom. The molecular formula is C15H15ClFNO2. The number of nitrogens with two attached hydrogens (primary N) is 1. The van der Waals surface area contributed by atoms with E-state index in [1.54, 1.807) is 36.4 Å². The first-order chi connectivity index (χ1) is 9.58. The van der Waals surface area contributed by atoms with Crippen LogP contribution in [0.25, 0.3) is 0 Å². The molecule has 0 aliphatic heterocycles. The monoisotopic (exact) mass is 295 g/mol. The summed E-state index contributed by atoms with van der Waals surface area (Å²) in [6, 6.07) is 9.26. The van der Waals surface area contributed by atoms with E-state index < -0.39 is 11.9 Å². The summed E-state index contributed by atoms with van der Waals surface area (Å²) in [5.41, 5.74) is 7.14. The molecule has 2 rings (SSSR count). The molecule has 5 heteroatoms. The minimum absolute atomic E-state index is 0.158. The summed E-state index contributed by atoms with van der Waals surface area (Å²) >= 11 is 5.91. The second-order valence-corrected chi connectivity index (χ2v) is 4.66. The van der Waals surface area contributed by atoms with E-state index in [0.29, 0.717) is 21.9 Å². The van der Waals surface area contributed by atoms with Crippen LogP contribution in [0.2, 0.25) is 5.02 Å². The van der Waals surface area contributed by atoms with Gasteiger partial charge >= 0.3 is 0 Å². The Morgan fingerprint density at radius 3 is 2.40 bits per heavy atom. The standard InChI is InChI=1S/C15H15ClFNO2/c1-19-12-5-3-4-11(14(12)17)15(18)10-7-6-9(16)8-13(10)20-2/h3-8,15H,18H2,1-2H3. The lowest BCUT2D eigenvalue weighted by molar-refractivity contribution is 0.382. The third-order valence-corrected chi connectivity index (χ3v) is 3.31. The lowest BCUT2D eigenvalue weighted by Gasteiger charge is -2.18. The van der Waals surface area contributed by atoms with Gasteiger partial charge in [0.25, 0.3) is 0 Å². The highest BCUT2D eigenvalue weighted by Gasteiger charge is 2.19. The summed E-state index contributed by atoms with van der Waals surface area (Å²) in [6.07, 6.45) is 0. The van der Waals surface area contributed by atoms with E-state index in [1.807, 2.05) is 0 Å². The molecule has 2 aromatic rings. The number of hydrogen-bond acceptors (Lipinski definition) is 3. The molecule has 2 aromatic carbocycles. The third kappa shape index (κ3) is 2.71. The van der Waals surface area contributed by atoms with Gasteiger partial charge in [-0.05, 0) is 18.2 Å². The lowest BCUT2D eigenvalue weighted by atomic mass is 9.98. The van der Waals surface area contributed by atoms with E-state index in [-0.39, 0.29) is 5.75 Å². The fourth-order valence-corrected chi connectivity index (χ4v) is 2.20. The highest BCUT2D eigenvalue weighted by molar-refractivity contribution is 6.30. The zero-order valence-electron chi connectivity index (χ0n) is 11.2. The van der Waals surface area contributed by atoms with Gasteiger partial charge in [0.1, 0.15) is 5.75 Å². The minimum atomic E-state index is -0.669. The van der Waals surface area contributed by atoms with Crippen molar-refractivity contribution in [3.05, 3.63) is 58.4 Å². The first-order valence-electron chi connectivity index (χ1n) is 6.00. The fourth-order valence-electron chi connectivity index (χ4n) is 2.04. The lowest BCUT2D eigenvalue weighted by Crippen LogP contribution is -2.15. The molecule has 106 valence electrons. The molecule has 20 heavy (non-hydrogen) atoms. The van der Waals surface area contributed by atoms with Crippen molar-refractivity contribution in [3.8, 4) is 11.5 Å². The summed E-state index contributed by atoms with van der Waals surface area (Å²) in [4.78, 5) is 0. The topological polar surface area (TPSA) is 44.5 Å². The fraction of sp³-hybridized carbons (Fsp3) is 0.200. The first kappa shape index (κ1) is 14.6. The van der Waals surface area contributed by atoms with Crippen LogP contribution in [0.1, 0.15) is 17.2 Å². The quantitative estimate of drug-likeness (QED) is 0.938. The normalized spacial score (nSPS) is 12.1. The summed E-state index contributed by atoms with van der Waals surface area (Å²) in [5.74, 6) is 0.206. The largest absolute Gasteiger partial charge is 0.496 e. The Balaban J connectivity index is 2.49. The summed E-state index contributed by atoms with van der Waals surface area (Å²) in [5, 5.41) is 0.531. The van der Waals surface area contributed by atoms with Crippen LogP contribution >= 0.6 is 11.6 Å². The molecule has 0 amide bonds. The molecule has 1 atom stereocenters. The molecule has 3 nitrogen and oxygen atoms in total. The van der Waals surface area contributed by atoms with E-state index in [0.717, 1.165) is 0 Å². The van der Waals surface area contributed by atoms with Crippen LogP contribution < -0.4 is 15.2 Å². The minimum Gasteiger partial charge on any atom is -0.496 e. The van der Waals surface area contributed by atoms with Gasteiger partial charge in [-0.1, -0.05) is 29.8 Å². The van der Waals surface area contributed by atoms with E-state index in [2.05, 4.69) is 0 Å². The van der Waals surface area contributed by atoms with E-state index in [9.17, 15) is 4.39 Å². The molecule has 0 aliphatic rings. The van der Waals surface area contributed by atoms with Gasteiger partial charge in [-0.15, -0.1) is 0 Å². The van der Waals surface area contributed by atoms with Crippen molar-refractivity contribution in [1.29, 1.82) is 0 Å². The van der Waals surface area contributed by atoms with E-state index in [4.69, 9.17) is 26.8 Å². The van der Waals surface area contributed by atoms with Gasteiger partial charge < -0.3 is 15.2 Å². The maximum Gasteiger partial charge on any atom is 0.170 e. The van der Waals surface area contributed by atoms with Crippen LogP contribution in [0.3, 0.4) is 0 Å². The van der Waals surface area contributed by atoms with Gasteiger partial charge in [0, 0.05) is 16.1 Å². The Kier molecular flexibility index (Phi) is 4.47. The van der Waals surface area contributed by atoms with Crippen LogP contribution in [-0.2, 0) is 0 Å². The molecule has 0 aromatic heterocycles. The zero-order chi connectivity index (χ0) is 14.7. The molecule has 0 heterocycles. The van der Waals surface area contributed by atoms with Crippen molar-refractivity contribution >= 4 is 11.6 Å². The summed E-state index contributed by atoms with van der Waals surface area (Å²) in [7, 11) is 2.93. The molecule has 0 spiro atoms. The van der Waals surface area contributed by atoms with Crippen molar-refractivity contribution in [2.45, 2.75) is 6.04 Å². The first-order valence-corrected chi connectivity index (χ1v) is 6.37. The average molecular weight is 296 g/mol. The zero-order valence-corrected chi connectivity index (χ0v) is 11.9. The van der Waals surface area contributed by atoms with Crippen molar-refractivity contribution in [1.82, 2.24) is 0 Å². The van der Waals surface area contributed by atoms with Crippen molar-refractivity contribution in [2.75, 3.05) is 14.2 Å². The molecule has 2 N–H and O–H groups in total. The Labute approximate surface area is 122 Å². The van der Waals surface area contributed by atoms with Crippen molar-refractivity contribution in [2.24, 2.45) is 5.73 Å². The molecular weight excluding hydrogens is 281 g/mol. The van der Waals surface area contributed by atoms with Gasteiger partial charge in [0.15, 0.2) is 11.6 Å². The molecule has 0 aliphatic carbocycles. The van der Waals surface area contributed by atoms with Crippen LogP contribution in [0.15, 0.2) is 36.4 Å². The SMILES string of the molecule is COc1cc(Cl)ccc1C(N)c1cccc(OC)c1F. The maximum absolute atomic E-state index is 14.3. The number of halogens is 2. The Morgan fingerprint density at radius 2 is 1.75 bits per heavy atom. The predicted molar refractivity (Wildman–Crippen MR) is 77.0 cm³/mol. The molecule has 0 fully saturated rings. The Hall–Kier alpha value is -1.78. The van der Waals surface area contributed by atoms with Gasteiger partial charge in [-0.25, -0.2) is 4.39 Å². The molecule has 0 saturated heterocycles. The van der Waals surface area contributed by atoms with Gasteiger partial charge in [-0.2, -0.15) is 0 Å². The van der Waals surface area contributed by atoms with E-state index >= 15 is 0 Å². The predicted octanol–water partition coefficient (Wildman–Crippen LogP) is 3.54. The van der Waals surface area contributed by atoms with Crippen molar-refractivity contribution in [3.63, 3.8) is 0 Å². The van der Waals surface area contributed by atoms with Crippen LogP contribution in [-0.4, -0.2) is 14.2 Å². The smallest absolute Gasteiger partial charge is 0.170 e. The molecule has 0 radical (unpaired) electrons. The second kappa shape index (κ2) is 6.11. The van der Waals surface area contributed by atoms with Crippen molar-refractivity contribution < 1.29 is 13.9 Å². The number of benzene rings is 2. The second-order valence-electron chi connectivity index (χ2n) is 4.23. The van der Waals surface area contributed by atoms with Crippen LogP contribution in [0.4, 0.5) is 4.39 Å². The van der Waals surface area contributed by atoms with Gasteiger partial charge in [0.2, 0.25) is 0 Å². The highest BCUT2D eigenvalue weighted by Crippen LogP contribution is 2.33. The highest BCUT2D eigenvalue weighted by atomic mass is 35.5. The molecule has 0 saturated carbocycles. The molecule has 0 bridgehead atoms. The average Bonchev–Trinajstić information content (AvgIpc) is 2.46. The van der Waals surface area contributed by atoms with Gasteiger partial charge in [0.05, 0.1) is 20.3 Å². The third-order valence-electron chi connectivity index (χ3n) is 3.08. The van der Waals surface area contributed by atoms with Crippen LogP contribution in [0, 0.1) is 5.82 Å². The maximum atomic E-state index is 14.3. The van der Waals surface area contributed by atoms with E-state index in [1.165, 1.54) is 14.2 Å². The summed E-state index contributed by atoms with van der Waals surface area (Å²) < 4.78 is 24.5. The Bertz CT molecular complexity index is 619. The van der Waals surface area contributed by atoms with Crippen LogP contribution in [0.5, 0.6) is 11.5 Å². The number of methoxy groups -OCH3 is 2. The summed E-state index contributed by atoms with van der Waals surface area (Å²) in [6.45, 7) is 0.